The standard InChI is InChI=1S/C57H104O6/c1-4-7-10-13-15-17-19-21-23-24-25-26-27-28-29-30-31-32-34-35-37-39-41-44-47-50-56(59)62-53-54(52-61-55(58)49-46-43-12-9-6-3)63-57(60)51-48-45-42-40-38-36-33-22-20-18-16-14-11-8-5-2/h8,11,16,18,22,33,54H,4-7,9-10,12-15,17,19-21,23-32,34-53H2,1-3H3/b11-8-,18-16-,33-22-. The van der Waals surface area contributed by atoms with Crippen LogP contribution in [-0.4, -0.2) is 37.2 Å². The van der Waals surface area contributed by atoms with Gasteiger partial charge in [0.05, 0.1) is 0 Å². The zero-order chi connectivity index (χ0) is 45.8. The highest BCUT2D eigenvalue weighted by molar-refractivity contribution is 5.71. The van der Waals surface area contributed by atoms with Crippen molar-refractivity contribution in [2.24, 2.45) is 0 Å². The average molecular weight is 885 g/mol. The Balaban J connectivity index is 4.02. The minimum absolute atomic E-state index is 0.0764. The molecule has 0 fully saturated rings. The van der Waals surface area contributed by atoms with Gasteiger partial charge in [-0.2, -0.15) is 0 Å². The lowest BCUT2D eigenvalue weighted by Gasteiger charge is -2.18. The molecule has 0 amide bonds. The lowest BCUT2D eigenvalue weighted by atomic mass is 10.0. The Morgan fingerprint density at radius 1 is 0.333 bits per heavy atom. The highest BCUT2D eigenvalue weighted by Crippen LogP contribution is 2.17. The van der Waals surface area contributed by atoms with Gasteiger partial charge in [-0.15, -0.1) is 0 Å². The molecule has 0 radical (unpaired) electrons. The van der Waals surface area contributed by atoms with E-state index in [1.54, 1.807) is 0 Å². The Hall–Kier alpha value is -2.37. The number of hydrogen-bond acceptors (Lipinski definition) is 6. The van der Waals surface area contributed by atoms with Gasteiger partial charge in [0.1, 0.15) is 13.2 Å². The predicted octanol–water partition coefficient (Wildman–Crippen LogP) is 18.1. The van der Waals surface area contributed by atoms with E-state index in [-0.39, 0.29) is 31.1 Å². The first-order chi connectivity index (χ1) is 31.0. The first kappa shape index (κ1) is 60.6. The van der Waals surface area contributed by atoms with E-state index in [0.29, 0.717) is 19.3 Å². The third kappa shape index (κ3) is 50.5. The lowest BCUT2D eigenvalue weighted by Crippen LogP contribution is -2.30. The van der Waals surface area contributed by atoms with E-state index in [4.69, 9.17) is 14.2 Å². The van der Waals surface area contributed by atoms with Crippen molar-refractivity contribution in [3.8, 4) is 0 Å². The number of unbranched alkanes of at least 4 members (excludes halogenated alkanes) is 33. The van der Waals surface area contributed by atoms with E-state index >= 15 is 0 Å². The van der Waals surface area contributed by atoms with Gasteiger partial charge in [-0.3, -0.25) is 14.4 Å². The minimum Gasteiger partial charge on any atom is -0.462 e. The number of esters is 3. The van der Waals surface area contributed by atoms with Crippen molar-refractivity contribution in [3.05, 3.63) is 36.5 Å². The SMILES string of the molecule is CC/C=C\C/C=C\C/C=C\CCCCCCCC(=O)OC(COC(=O)CCCCCCC)COC(=O)CCCCCCCCCCCCCCCCCCCCCCCCCCC. The van der Waals surface area contributed by atoms with E-state index in [1.807, 2.05) is 0 Å². The maximum absolute atomic E-state index is 12.7. The molecule has 0 bridgehead atoms. The number of ether oxygens (including phenoxy) is 3. The monoisotopic (exact) mass is 885 g/mol. The molecule has 0 aliphatic rings. The molecule has 1 unspecified atom stereocenters. The smallest absolute Gasteiger partial charge is 0.306 e. The number of allylic oxidation sites excluding steroid dienone is 6. The molecular formula is C57H104O6. The van der Waals surface area contributed by atoms with Gasteiger partial charge in [-0.05, 0) is 51.4 Å². The van der Waals surface area contributed by atoms with E-state index in [1.165, 1.54) is 148 Å². The largest absolute Gasteiger partial charge is 0.462 e. The maximum atomic E-state index is 12.7. The van der Waals surface area contributed by atoms with Crippen LogP contribution in [0.15, 0.2) is 36.5 Å². The summed E-state index contributed by atoms with van der Waals surface area (Å²) in [6.07, 6.45) is 61.9. The van der Waals surface area contributed by atoms with Gasteiger partial charge in [0.15, 0.2) is 6.10 Å². The summed E-state index contributed by atoms with van der Waals surface area (Å²) in [4.78, 5) is 37.7. The van der Waals surface area contributed by atoms with Gasteiger partial charge in [0.2, 0.25) is 0 Å². The highest BCUT2D eigenvalue weighted by Gasteiger charge is 2.19. The number of hydrogen-bond donors (Lipinski definition) is 0. The van der Waals surface area contributed by atoms with E-state index in [2.05, 4.69) is 57.2 Å². The first-order valence-electron chi connectivity index (χ1n) is 27.5. The van der Waals surface area contributed by atoms with Crippen molar-refractivity contribution in [2.75, 3.05) is 13.2 Å². The molecule has 63 heavy (non-hydrogen) atoms. The Morgan fingerprint density at radius 2 is 0.619 bits per heavy atom. The molecule has 0 spiro atoms. The molecule has 368 valence electrons. The second kappa shape index (κ2) is 52.3. The zero-order valence-electron chi connectivity index (χ0n) is 42.1. The molecule has 0 rings (SSSR count). The second-order valence-corrected chi connectivity index (χ2v) is 18.5. The fraction of sp³-hybridized carbons (Fsp3) is 0.842. The average Bonchev–Trinajstić information content (AvgIpc) is 3.28. The van der Waals surface area contributed by atoms with E-state index in [9.17, 15) is 14.4 Å². The Morgan fingerprint density at radius 3 is 0.968 bits per heavy atom. The summed E-state index contributed by atoms with van der Waals surface area (Å²) < 4.78 is 16.7. The molecule has 0 aliphatic carbocycles. The van der Waals surface area contributed by atoms with Crippen LogP contribution >= 0.6 is 0 Å². The number of carbonyl (C=O) groups excluding carboxylic acids is 3. The summed E-state index contributed by atoms with van der Waals surface area (Å²) in [6.45, 7) is 6.46. The summed E-state index contributed by atoms with van der Waals surface area (Å²) in [6, 6.07) is 0. The van der Waals surface area contributed by atoms with Crippen LogP contribution in [0.2, 0.25) is 0 Å². The third-order valence-electron chi connectivity index (χ3n) is 12.2. The maximum Gasteiger partial charge on any atom is 0.306 e. The molecule has 0 aromatic carbocycles. The fourth-order valence-corrected chi connectivity index (χ4v) is 8.05. The molecule has 6 nitrogen and oxygen atoms in total. The Kier molecular flexibility index (Phi) is 50.3. The molecule has 0 aromatic heterocycles. The summed E-state index contributed by atoms with van der Waals surface area (Å²) >= 11 is 0. The van der Waals surface area contributed by atoms with Gasteiger partial charge in [-0.1, -0.05) is 256 Å². The van der Waals surface area contributed by atoms with Crippen LogP contribution in [0, 0.1) is 0 Å². The Labute approximate surface area is 391 Å². The quantitative estimate of drug-likeness (QED) is 0.0262. The van der Waals surface area contributed by atoms with Gasteiger partial charge in [-0.25, -0.2) is 0 Å². The zero-order valence-corrected chi connectivity index (χ0v) is 42.1. The second-order valence-electron chi connectivity index (χ2n) is 18.5. The molecule has 0 saturated carbocycles. The molecule has 6 heteroatoms. The van der Waals surface area contributed by atoms with Gasteiger partial charge in [0.25, 0.3) is 0 Å². The molecule has 0 saturated heterocycles. The van der Waals surface area contributed by atoms with Crippen molar-refractivity contribution < 1.29 is 28.6 Å². The molecule has 0 aromatic rings. The summed E-state index contributed by atoms with van der Waals surface area (Å²) in [5.41, 5.74) is 0. The van der Waals surface area contributed by atoms with Crippen LogP contribution < -0.4 is 0 Å². The van der Waals surface area contributed by atoms with Crippen molar-refractivity contribution in [3.63, 3.8) is 0 Å². The van der Waals surface area contributed by atoms with Gasteiger partial charge < -0.3 is 14.2 Å². The minimum atomic E-state index is -0.774. The van der Waals surface area contributed by atoms with Crippen molar-refractivity contribution in [2.45, 2.75) is 297 Å². The van der Waals surface area contributed by atoms with Crippen molar-refractivity contribution >= 4 is 17.9 Å². The Bertz CT molecular complexity index is 1060. The van der Waals surface area contributed by atoms with Crippen LogP contribution in [0.25, 0.3) is 0 Å². The number of carbonyl (C=O) groups is 3. The normalized spacial score (nSPS) is 12.2. The van der Waals surface area contributed by atoms with Crippen LogP contribution in [0.1, 0.15) is 290 Å². The van der Waals surface area contributed by atoms with E-state index < -0.39 is 6.10 Å². The van der Waals surface area contributed by atoms with Gasteiger partial charge in [0, 0.05) is 19.3 Å². The van der Waals surface area contributed by atoms with Crippen LogP contribution in [0.4, 0.5) is 0 Å². The molecule has 0 heterocycles. The van der Waals surface area contributed by atoms with Crippen molar-refractivity contribution in [1.82, 2.24) is 0 Å². The van der Waals surface area contributed by atoms with Crippen molar-refractivity contribution in [1.29, 1.82) is 0 Å². The van der Waals surface area contributed by atoms with E-state index in [0.717, 1.165) is 103 Å². The van der Waals surface area contributed by atoms with Crippen LogP contribution in [-0.2, 0) is 28.6 Å². The molecule has 0 N–H and O–H groups in total. The summed E-state index contributed by atoms with van der Waals surface area (Å²) in [5.74, 6) is -0.896. The summed E-state index contributed by atoms with van der Waals surface area (Å²) in [7, 11) is 0. The fourth-order valence-electron chi connectivity index (χ4n) is 8.05. The number of rotatable bonds is 50. The summed E-state index contributed by atoms with van der Waals surface area (Å²) in [5, 5.41) is 0. The first-order valence-corrected chi connectivity index (χ1v) is 27.5. The topological polar surface area (TPSA) is 78.9 Å². The lowest BCUT2D eigenvalue weighted by molar-refractivity contribution is -0.167. The highest BCUT2D eigenvalue weighted by atomic mass is 16.6. The van der Waals surface area contributed by atoms with Gasteiger partial charge >= 0.3 is 17.9 Å². The van der Waals surface area contributed by atoms with Crippen LogP contribution in [0.5, 0.6) is 0 Å². The molecule has 1 atom stereocenters. The molecule has 0 aliphatic heterocycles. The predicted molar refractivity (Wildman–Crippen MR) is 270 cm³/mol. The molecular weight excluding hydrogens is 781 g/mol. The third-order valence-corrected chi connectivity index (χ3v) is 12.2. The van der Waals surface area contributed by atoms with Crippen LogP contribution in [0.3, 0.4) is 0 Å².